The molecule has 2 rings (SSSR count). The van der Waals surface area contributed by atoms with Crippen molar-refractivity contribution in [1.29, 1.82) is 0 Å². The summed E-state index contributed by atoms with van der Waals surface area (Å²) in [4.78, 5) is 4.43. The fraction of sp³-hybridized carbons (Fsp3) is 0.438. The number of aromatic nitrogens is 2. The minimum Gasteiger partial charge on any atom is -0.496 e. The second kappa shape index (κ2) is 7.61. The molecule has 1 heterocycles. The van der Waals surface area contributed by atoms with Crippen molar-refractivity contribution >= 4 is 15.9 Å². The molecule has 0 unspecified atom stereocenters. The van der Waals surface area contributed by atoms with E-state index in [2.05, 4.69) is 63.0 Å². The van der Waals surface area contributed by atoms with Crippen molar-refractivity contribution in [2.45, 2.75) is 26.9 Å². The molecule has 0 aliphatic rings. The van der Waals surface area contributed by atoms with Crippen molar-refractivity contribution in [3.05, 3.63) is 46.5 Å². The van der Waals surface area contributed by atoms with Crippen molar-refractivity contribution in [3.8, 4) is 5.75 Å². The topological polar surface area (TPSA) is 39.1 Å². The van der Waals surface area contributed by atoms with E-state index in [0.29, 0.717) is 5.92 Å². The molecule has 1 N–H and O–H groups in total. The second-order valence-electron chi connectivity index (χ2n) is 5.53. The maximum atomic E-state index is 5.24. The molecule has 114 valence electrons. The van der Waals surface area contributed by atoms with Crippen LogP contribution in [0.1, 0.15) is 25.1 Å². The normalized spacial score (nSPS) is 11.1. The number of methoxy groups -OCH3 is 1. The molecule has 1 aromatic heterocycles. The first-order chi connectivity index (χ1) is 10.1. The summed E-state index contributed by atoms with van der Waals surface area (Å²) in [7, 11) is 1.67. The van der Waals surface area contributed by atoms with Crippen LogP contribution in [0.3, 0.4) is 0 Å². The van der Waals surface area contributed by atoms with Crippen LogP contribution >= 0.6 is 15.9 Å². The molecule has 0 bridgehead atoms. The van der Waals surface area contributed by atoms with E-state index in [9.17, 15) is 0 Å². The van der Waals surface area contributed by atoms with Crippen LogP contribution in [0, 0.1) is 5.92 Å². The first-order valence-electron chi connectivity index (χ1n) is 7.12. The molecular formula is C16H22BrN3O. The highest BCUT2D eigenvalue weighted by Crippen LogP contribution is 2.25. The summed E-state index contributed by atoms with van der Waals surface area (Å²) in [6, 6.07) is 6.12. The maximum absolute atomic E-state index is 5.24. The van der Waals surface area contributed by atoms with Crippen LogP contribution in [-0.4, -0.2) is 23.2 Å². The van der Waals surface area contributed by atoms with E-state index in [1.165, 1.54) is 5.56 Å². The first-order valence-corrected chi connectivity index (χ1v) is 7.91. The van der Waals surface area contributed by atoms with Crippen LogP contribution in [0.2, 0.25) is 0 Å². The summed E-state index contributed by atoms with van der Waals surface area (Å²) < 4.78 is 8.31. The highest BCUT2D eigenvalue weighted by Gasteiger charge is 2.04. The lowest BCUT2D eigenvalue weighted by Crippen LogP contribution is -2.19. The van der Waals surface area contributed by atoms with Gasteiger partial charge in [-0.3, -0.25) is 0 Å². The van der Waals surface area contributed by atoms with Gasteiger partial charge < -0.3 is 14.6 Å². The Balaban J connectivity index is 1.94. The van der Waals surface area contributed by atoms with Gasteiger partial charge in [0.1, 0.15) is 5.75 Å². The molecule has 0 saturated carbocycles. The van der Waals surface area contributed by atoms with Gasteiger partial charge in [0, 0.05) is 19.3 Å². The van der Waals surface area contributed by atoms with Gasteiger partial charge >= 0.3 is 0 Å². The van der Waals surface area contributed by atoms with Crippen molar-refractivity contribution in [2.24, 2.45) is 5.92 Å². The van der Waals surface area contributed by atoms with E-state index in [1.54, 1.807) is 7.11 Å². The molecule has 21 heavy (non-hydrogen) atoms. The summed E-state index contributed by atoms with van der Waals surface area (Å²) in [6.45, 7) is 7.04. The number of nitrogens with one attached hydrogen (secondary N) is 1. The zero-order valence-electron chi connectivity index (χ0n) is 12.8. The Hall–Kier alpha value is -1.33. The van der Waals surface area contributed by atoms with E-state index >= 15 is 0 Å². The third-order valence-electron chi connectivity index (χ3n) is 3.13. The van der Waals surface area contributed by atoms with Gasteiger partial charge in [0.25, 0.3) is 0 Å². The highest BCUT2D eigenvalue weighted by molar-refractivity contribution is 9.10. The Morgan fingerprint density at radius 1 is 1.38 bits per heavy atom. The van der Waals surface area contributed by atoms with Gasteiger partial charge in [-0.05, 0) is 46.1 Å². The van der Waals surface area contributed by atoms with Gasteiger partial charge in [-0.25, -0.2) is 4.98 Å². The zero-order valence-corrected chi connectivity index (χ0v) is 14.4. The predicted octanol–water partition coefficient (Wildman–Crippen LogP) is 3.45. The Labute approximate surface area is 134 Å². The smallest absolute Gasteiger partial charge is 0.133 e. The number of benzene rings is 1. The van der Waals surface area contributed by atoms with E-state index in [-0.39, 0.29) is 0 Å². The third kappa shape index (κ3) is 4.86. The quantitative estimate of drug-likeness (QED) is 0.830. The standard InChI is InChI=1S/C16H22BrN3O/c1-12(2)7-18-8-14-10-20(11-19-14)9-13-4-5-16(21-3)15(17)6-13/h4-6,10-12,18H,7-9H2,1-3H3. The van der Waals surface area contributed by atoms with Gasteiger partial charge in [0.05, 0.1) is 23.6 Å². The van der Waals surface area contributed by atoms with Crippen LogP contribution in [0.5, 0.6) is 5.75 Å². The molecule has 0 saturated heterocycles. The van der Waals surface area contributed by atoms with Crippen LogP contribution in [0.4, 0.5) is 0 Å². The molecule has 5 heteroatoms. The van der Waals surface area contributed by atoms with E-state index in [0.717, 1.165) is 35.6 Å². The van der Waals surface area contributed by atoms with Crippen LogP contribution < -0.4 is 10.1 Å². The average molecular weight is 352 g/mol. The third-order valence-corrected chi connectivity index (χ3v) is 3.75. The lowest BCUT2D eigenvalue weighted by Gasteiger charge is -2.07. The Bertz CT molecular complexity index is 581. The summed E-state index contributed by atoms with van der Waals surface area (Å²) in [6.07, 6.45) is 3.97. The van der Waals surface area contributed by atoms with Crippen molar-refractivity contribution in [3.63, 3.8) is 0 Å². The Morgan fingerprint density at radius 2 is 2.19 bits per heavy atom. The zero-order chi connectivity index (χ0) is 15.2. The molecule has 0 fully saturated rings. The lowest BCUT2D eigenvalue weighted by molar-refractivity contribution is 0.412. The summed E-state index contributed by atoms with van der Waals surface area (Å²) in [5.74, 6) is 1.51. The number of imidazole rings is 1. The molecule has 0 radical (unpaired) electrons. The maximum Gasteiger partial charge on any atom is 0.133 e. The van der Waals surface area contributed by atoms with Gasteiger partial charge in [-0.15, -0.1) is 0 Å². The predicted molar refractivity (Wildman–Crippen MR) is 88.6 cm³/mol. The fourth-order valence-electron chi connectivity index (χ4n) is 2.09. The summed E-state index contributed by atoms with van der Waals surface area (Å²) in [5.41, 5.74) is 2.28. The number of hydrogen-bond acceptors (Lipinski definition) is 3. The molecule has 0 aliphatic carbocycles. The van der Waals surface area contributed by atoms with Gasteiger partial charge in [-0.2, -0.15) is 0 Å². The van der Waals surface area contributed by atoms with Gasteiger partial charge in [0.15, 0.2) is 0 Å². The molecule has 0 atom stereocenters. The van der Waals surface area contributed by atoms with E-state index in [4.69, 9.17) is 4.74 Å². The summed E-state index contributed by atoms with van der Waals surface area (Å²) in [5, 5.41) is 3.40. The van der Waals surface area contributed by atoms with Crippen LogP contribution in [0.15, 0.2) is 35.2 Å². The minimum absolute atomic E-state index is 0.656. The average Bonchev–Trinajstić information content (AvgIpc) is 2.86. The molecule has 4 nitrogen and oxygen atoms in total. The van der Waals surface area contributed by atoms with Gasteiger partial charge in [-0.1, -0.05) is 19.9 Å². The minimum atomic E-state index is 0.656. The lowest BCUT2D eigenvalue weighted by atomic mass is 10.2. The molecule has 0 spiro atoms. The Morgan fingerprint density at radius 3 is 2.86 bits per heavy atom. The SMILES string of the molecule is COc1ccc(Cn2cnc(CNCC(C)C)c2)cc1Br. The Kier molecular flexibility index (Phi) is 5.82. The second-order valence-corrected chi connectivity index (χ2v) is 6.39. The molecule has 0 amide bonds. The van der Waals surface area contributed by atoms with Crippen LogP contribution in [0.25, 0.3) is 0 Å². The van der Waals surface area contributed by atoms with Crippen molar-refractivity contribution in [1.82, 2.24) is 14.9 Å². The van der Waals surface area contributed by atoms with Crippen molar-refractivity contribution in [2.75, 3.05) is 13.7 Å². The van der Waals surface area contributed by atoms with E-state index < -0.39 is 0 Å². The number of nitrogens with zero attached hydrogens (tertiary/aromatic N) is 2. The number of rotatable bonds is 7. The van der Waals surface area contributed by atoms with E-state index in [1.807, 2.05) is 12.4 Å². The van der Waals surface area contributed by atoms with Crippen molar-refractivity contribution < 1.29 is 4.74 Å². The monoisotopic (exact) mass is 351 g/mol. The summed E-state index contributed by atoms with van der Waals surface area (Å²) >= 11 is 3.51. The van der Waals surface area contributed by atoms with Crippen LogP contribution in [-0.2, 0) is 13.1 Å². The largest absolute Gasteiger partial charge is 0.496 e. The number of hydrogen-bond donors (Lipinski definition) is 1. The first kappa shape index (κ1) is 16.0. The number of ether oxygens (including phenoxy) is 1. The number of halogens is 1. The molecular weight excluding hydrogens is 330 g/mol. The molecule has 1 aromatic carbocycles. The van der Waals surface area contributed by atoms with Gasteiger partial charge in [0.2, 0.25) is 0 Å². The molecule has 2 aromatic rings. The fourth-order valence-corrected chi connectivity index (χ4v) is 2.68. The highest BCUT2D eigenvalue weighted by atomic mass is 79.9. The molecule has 0 aliphatic heterocycles.